The standard InChI is InChI=1S/C12H4Cl5N3/c13-7-6(8(14)10(16)11(17)9(7)15)12-4(2-18)1-5(19)3-20-12/h1,3H,19H2. The predicted octanol–water partition coefficient (Wildman–Crippen LogP) is 5.47. The number of anilines is 1. The maximum Gasteiger partial charge on any atom is 0.102 e. The summed E-state index contributed by atoms with van der Waals surface area (Å²) in [5.41, 5.74) is 6.60. The van der Waals surface area contributed by atoms with Gasteiger partial charge in [-0.3, -0.25) is 4.98 Å². The van der Waals surface area contributed by atoms with Crippen molar-refractivity contribution in [3.63, 3.8) is 0 Å². The van der Waals surface area contributed by atoms with Crippen LogP contribution in [0.4, 0.5) is 5.69 Å². The molecular weight excluding hydrogens is 363 g/mol. The van der Waals surface area contributed by atoms with E-state index in [0.29, 0.717) is 5.69 Å². The Morgan fingerprint density at radius 3 is 1.95 bits per heavy atom. The topological polar surface area (TPSA) is 62.7 Å². The molecule has 0 saturated carbocycles. The Kier molecular flexibility index (Phi) is 4.53. The summed E-state index contributed by atoms with van der Waals surface area (Å²) in [6.07, 6.45) is 1.37. The summed E-state index contributed by atoms with van der Waals surface area (Å²) in [5.74, 6) is 0. The number of benzene rings is 1. The van der Waals surface area contributed by atoms with E-state index >= 15 is 0 Å². The van der Waals surface area contributed by atoms with Crippen molar-refractivity contribution in [2.45, 2.75) is 0 Å². The molecule has 0 fully saturated rings. The van der Waals surface area contributed by atoms with Gasteiger partial charge in [-0.25, -0.2) is 0 Å². The molecule has 1 aromatic carbocycles. The van der Waals surface area contributed by atoms with Gasteiger partial charge in [0, 0.05) is 5.56 Å². The van der Waals surface area contributed by atoms with Crippen LogP contribution in [0, 0.1) is 11.3 Å². The molecule has 0 aliphatic heterocycles. The highest BCUT2D eigenvalue weighted by atomic mass is 35.5. The average molecular weight is 367 g/mol. The Labute approximate surface area is 139 Å². The Morgan fingerprint density at radius 2 is 1.45 bits per heavy atom. The number of nitrogens with zero attached hydrogens (tertiary/aromatic N) is 2. The number of nitrogens with two attached hydrogens (primary N) is 1. The normalized spacial score (nSPS) is 10.4. The first-order valence-corrected chi connectivity index (χ1v) is 6.94. The Bertz CT molecular complexity index is 723. The highest BCUT2D eigenvalue weighted by Crippen LogP contribution is 2.48. The first-order chi connectivity index (χ1) is 9.38. The fraction of sp³-hybridized carbons (Fsp3) is 0. The van der Waals surface area contributed by atoms with E-state index in [9.17, 15) is 0 Å². The lowest BCUT2D eigenvalue weighted by atomic mass is 10.1. The second kappa shape index (κ2) is 5.85. The number of nitriles is 1. The zero-order valence-electron chi connectivity index (χ0n) is 9.52. The van der Waals surface area contributed by atoms with E-state index < -0.39 is 0 Å². The lowest BCUT2D eigenvalue weighted by molar-refractivity contribution is 1.30. The van der Waals surface area contributed by atoms with Gasteiger partial charge in [0.05, 0.1) is 48.3 Å². The van der Waals surface area contributed by atoms with Gasteiger partial charge < -0.3 is 5.73 Å². The summed E-state index contributed by atoms with van der Waals surface area (Å²) < 4.78 is 0. The molecule has 0 radical (unpaired) electrons. The predicted molar refractivity (Wildman–Crippen MR) is 83.9 cm³/mol. The van der Waals surface area contributed by atoms with Crippen molar-refractivity contribution in [2.24, 2.45) is 0 Å². The summed E-state index contributed by atoms with van der Waals surface area (Å²) in [6.45, 7) is 0. The van der Waals surface area contributed by atoms with Crippen molar-refractivity contribution in [3.8, 4) is 17.3 Å². The maximum atomic E-state index is 9.16. The van der Waals surface area contributed by atoms with Crippen LogP contribution in [-0.2, 0) is 0 Å². The lowest BCUT2D eigenvalue weighted by Crippen LogP contribution is -1.96. The SMILES string of the molecule is N#Cc1cc(N)cnc1-c1c(Cl)c(Cl)c(Cl)c(Cl)c1Cl. The number of rotatable bonds is 1. The van der Waals surface area contributed by atoms with E-state index in [1.807, 2.05) is 6.07 Å². The first-order valence-electron chi connectivity index (χ1n) is 5.06. The second-order valence-corrected chi connectivity index (χ2v) is 5.61. The molecule has 0 saturated heterocycles. The first kappa shape index (κ1) is 15.5. The third-order valence-electron chi connectivity index (χ3n) is 2.48. The molecule has 3 nitrogen and oxygen atoms in total. The number of nitrogen functional groups attached to an aromatic ring is 1. The zero-order chi connectivity index (χ0) is 15.0. The van der Waals surface area contributed by atoms with E-state index in [1.54, 1.807) is 0 Å². The van der Waals surface area contributed by atoms with Gasteiger partial charge in [-0.1, -0.05) is 58.0 Å². The number of aromatic nitrogens is 1. The van der Waals surface area contributed by atoms with Gasteiger partial charge in [0.15, 0.2) is 0 Å². The zero-order valence-corrected chi connectivity index (χ0v) is 13.3. The van der Waals surface area contributed by atoms with Gasteiger partial charge in [0.2, 0.25) is 0 Å². The maximum absolute atomic E-state index is 9.16. The molecule has 1 heterocycles. The van der Waals surface area contributed by atoms with Crippen LogP contribution < -0.4 is 5.73 Å². The average Bonchev–Trinajstić information content (AvgIpc) is 2.44. The van der Waals surface area contributed by atoms with E-state index in [2.05, 4.69) is 4.98 Å². The monoisotopic (exact) mass is 365 g/mol. The largest absolute Gasteiger partial charge is 0.397 e. The summed E-state index contributed by atoms with van der Waals surface area (Å²) in [7, 11) is 0. The Balaban J connectivity index is 2.88. The molecule has 0 atom stereocenters. The summed E-state index contributed by atoms with van der Waals surface area (Å²) in [5, 5.41) is 9.42. The van der Waals surface area contributed by atoms with E-state index in [-0.39, 0.29) is 41.9 Å². The molecule has 2 rings (SSSR count). The molecule has 0 aliphatic rings. The molecule has 20 heavy (non-hydrogen) atoms. The molecule has 0 spiro atoms. The Hall–Kier alpha value is -0.890. The molecule has 0 unspecified atom stereocenters. The molecular formula is C12H4Cl5N3. The fourth-order valence-corrected chi connectivity index (χ4v) is 2.90. The van der Waals surface area contributed by atoms with Crippen LogP contribution in [0.15, 0.2) is 12.3 Å². The fourth-order valence-electron chi connectivity index (χ4n) is 1.58. The van der Waals surface area contributed by atoms with Gasteiger partial charge in [-0.15, -0.1) is 0 Å². The van der Waals surface area contributed by atoms with Crippen molar-refractivity contribution < 1.29 is 0 Å². The summed E-state index contributed by atoms with van der Waals surface area (Å²) in [6, 6.07) is 3.41. The molecule has 0 aliphatic carbocycles. The molecule has 1 aromatic heterocycles. The van der Waals surface area contributed by atoms with Gasteiger partial charge in [0.1, 0.15) is 6.07 Å². The third-order valence-corrected chi connectivity index (χ3v) is 4.75. The molecule has 2 aromatic rings. The van der Waals surface area contributed by atoms with Crippen LogP contribution in [0.25, 0.3) is 11.3 Å². The van der Waals surface area contributed by atoms with Crippen LogP contribution in [-0.4, -0.2) is 4.98 Å². The third kappa shape index (κ3) is 2.50. The number of hydrogen-bond donors (Lipinski definition) is 1. The van der Waals surface area contributed by atoms with E-state index in [1.165, 1.54) is 12.3 Å². The van der Waals surface area contributed by atoms with E-state index in [0.717, 1.165) is 0 Å². The van der Waals surface area contributed by atoms with Crippen LogP contribution >= 0.6 is 58.0 Å². The van der Waals surface area contributed by atoms with Crippen molar-refractivity contribution >= 4 is 63.7 Å². The smallest absolute Gasteiger partial charge is 0.102 e. The number of hydrogen-bond acceptors (Lipinski definition) is 3. The van der Waals surface area contributed by atoms with Gasteiger partial charge in [0.25, 0.3) is 0 Å². The molecule has 0 amide bonds. The highest BCUT2D eigenvalue weighted by molar-refractivity contribution is 6.56. The minimum Gasteiger partial charge on any atom is -0.397 e. The van der Waals surface area contributed by atoms with Crippen LogP contribution in [0.5, 0.6) is 0 Å². The van der Waals surface area contributed by atoms with Crippen molar-refractivity contribution in [1.82, 2.24) is 4.98 Å². The minimum absolute atomic E-state index is 0.0419. The van der Waals surface area contributed by atoms with E-state index in [4.69, 9.17) is 69.0 Å². The number of halogens is 5. The molecule has 102 valence electrons. The van der Waals surface area contributed by atoms with Gasteiger partial charge in [-0.05, 0) is 6.07 Å². The summed E-state index contributed by atoms with van der Waals surface area (Å²) >= 11 is 30.2. The Morgan fingerprint density at radius 1 is 0.950 bits per heavy atom. The molecule has 0 bridgehead atoms. The van der Waals surface area contributed by atoms with Crippen molar-refractivity contribution in [2.75, 3.05) is 5.73 Å². The highest BCUT2D eigenvalue weighted by Gasteiger charge is 2.23. The summed E-state index contributed by atoms with van der Waals surface area (Å²) in [4.78, 5) is 4.08. The van der Waals surface area contributed by atoms with Crippen molar-refractivity contribution in [3.05, 3.63) is 42.9 Å². The van der Waals surface area contributed by atoms with Gasteiger partial charge >= 0.3 is 0 Å². The molecule has 2 N–H and O–H groups in total. The van der Waals surface area contributed by atoms with Crippen LogP contribution in [0.3, 0.4) is 0 Å². The van der Waals surface area contributed by atoms with Crippen LogP contribution in [0.2, 0.25) is 25.1 Å². The lowest BCUT2D eigenvalue weighted by Gasteiger charge is -2.13. The molecule has 8 heteroatoms. The number of pyridine rings is 1. The quantitative estimate of drug-likeness (QED) is 0.537. The van der Waals surface area contributed by atoms with Gasteiger partial charge in [-0.2, -0.15) is 5.26 Å². The minimum atomic E-state index is 0.0419. The van der Waals surface area contributed by atoms with Crippen molar-refractivity contribution in [1.29, 1.82) is 5.26 Å². The van der Waals surface area contributed by atoms with Crippen LogP contribution in [0.1, 0.15) is 5.56 Å². The second-order valence-electron chi connectivity index (χ2n) is 3.72.